The largest absolute Gasteiger partial charge is 0.392 e. The zero-order chi connectivity index (χ0) is 13.9. The van der Waals surface area contributed by atoms with E-state index in [-0.39, 0.29) is 22.8 Å². The van der Waals surface area contributed by atoms with Crippen molar-refractivity contribution in [2.75, 3.05) is 13.1 Å². The lowest BCUT2D eigenvalue weighted by atomic mass is 9.86. The van der Waals surface area contributed by atoms with Gasteiger partial charge in [0.05, 0.1) is 10.4 Å². The summed E-state index contributed by atoms with van der Waals surface area (Å²) in [5, 5.41) is 2.83. The third-order valence-electron chi connectivity index (χ3n) is 3.61. The minimum absolute atomic E-state index is 0.0367. The highest BCUT2D eigenvalue weighted by Crippen LogP contribution is 2.26. The van der Waals surface area contributed by atoms with Gasteiger partial charge in [-0.3, -0.25) is 9.59 Å². The Bertz CT molecular complexity index is 372. The fraction of sp³-hybridized carbons (Fsp3) is 0.750. The van der Waals surface area contributed by atoms with Gasteiger partial charge in [-0.2, -0.15) is 0 Å². The number of rotatable bonds is 4. The molecule has 1 saturated heterocycles. The zero-order valence-electron chi connectivity index (χ0n) is 11.2. The molecule has 1 heterocycles. The molecular weight excluding hydrogens is 250 g/mol. The van der Waals surface area contributed by atoms with Crippen LogP contribution >= 0.6 is 12.2 Å². The number of nitrogens with one attached hydrogen (secondary N) is 1. The van der Waals surface area contributed by atoms with Crippen LogP contribution in [0.25, 0.3) is 0 Å². The molecule has 2 unspecified atom stereocenters. The molecule has 0 aromatic heterocycles. The number of likely N-dealkylation sites (tertiary alicyclic amines) is 1. The highest BCUT2D eigenvalue weighted by atomic mass is 32.1. The molecule has 18 heavy (non-hydrogen) atoms. The number of amides is 2. The molecule has 2 atom stereocenters. The Hall–Kier alpha value is -1.17. The molecule has 1 fully saturated rings. The van der Waals surface area contributed by atoms with Crippen LogP contribution in [-0.4, -0.2) is 40.8 Å². The van der Waals surface area contributed by atoms with E-state index in [0.29, 0.717) is 19.5 Å². The van der Waals surface area contributed by atoms with Gasteiger partial charge in [-0.25, -0.2) is 0 Å². The molecule has 1 aliphatic rings. The topological polar surface area (TPSA) is 75.4 Å². The van der Waals surface area contributed by atoms with Crippen molar-refractivity contribution < 1.29 is 9.59 Å². The number of nitrogens with two attached hydrogens (primary N) is 1. The second-order valence-electron chi connectivity index (χ2n) is 4.99. The van der Waals surface area contributed by atoms with E-state index < -0.39 is 5.41 Å². The summed E-state index contributed by atoms with van der Waals surface area (Å²) in [6.07, 6.45) is 1.37. The van der Waals surface area contributed by atoms with Crippen molar-refractivity contribution in [3.8, 4) is 0 Å². The lowest BCUT2D eigenvalue weighted by molar-refractivity contribution is -0.136. The predicted molar refractivity (Wildman–Crippen MR) is 74.0 cm³/mol. The van der Waals surface area contributed by atoms with E-state index in [0.717, 1.165) is 6.42 Å². The summed E-state index contributed by atoms with van der Waals surface area (Å²) in [6, 6.07) is 0.0407. The summed E-state index contributed by atoms with van der Waals surface area (Å²) in [6.45, 7) is 6.34. The molecule has 102 valence electrons. The SMILES string of the molecule is CCC(C)(C(=O)N1CCC(NC(C)=O)C1)C(N)=S. The second kappa shape index (κ2) is 5.65. The van der Waals surface area contributed by atoms with E-state index >= 15 is 0 Å². The summed E-state index contributed by atoms with van der Waals surface area (Å²) in [4.78, 5) is 25.4. The maximum atomic E-state index is 12.4. The average molecular weight is 271 g/mol. The van der Waals surface area contributed by atoms with Crippen LogP contribution in [0.2, 0.25) is 0 Å². The van der Waals surface area contributed by atoms with Gasteiger partial charge in [0.15, 0.2) is 0 Å². The molecule has 0 aromatic rings. The third kappa shape index (κ3) is 2.98. The Morgan fingerprint density at radius 2 is 2.17 bits per heavy atom. The normalized spacial score (nSPS) is 22.4. The summed E-state index contributed by atoms with van der Waals surface area (Å²) in [5.74, 6) is -0.104. The van der Waals surface area contributed by atoms with Crippen LogP contribution in [0.15, 0.2) is 0 Å². The Balaban J connectivity index is 2.70. The summed E-state index contributed by atoms with van der Waals surface area (Å²) in [7, 11) is 0. The monoisotopic (exact) mass is 271 g/mol. The van der Waals surface area contributed by atoms with Gasteiger partial charge in [0.25, 0.3) is 0 Å². The van der Waals surface area contributed by atoms with Crippen molar-refractivity contribution in [1.29, 1.82) is 0 Å². The van der Waals surface area contributed by atoms with E-state index in [1.165, 1.54) is 6.92 Å². The molecule has 0 aromatic carbocycles. The molecule has 0 bridgehead atoms. The Kier molecular flexibility index (Phi) is 4.67. The highest BCUT2D eigenvalue weighted by Gasteiger charge is 2.40. The first-order valence-corrected chi connectivity index (χ1v) is 6.58. The summed E-state index contributed by atoms with van der Waals surface area (Å²) < 4.78 is 0. The first-order chi connectivity index (χ1) is 8.31. The molecule has 0 aliphatic carbocycles. The van der Waals surface area contributed by atoms with Gasteiger partial charge in [-0.1, -0.05) is 19.1 Å². The maximum absolute atomic E-state index is 12.4. The Morgan fingerprint density at radius 1 is 1.56 bits per heavy atom. The maximum Gasteiger partial charge on any atom is 0.235 e. The van der Waals surface area contributed by atoms with Gasteiger partial charge < -0.3 is 16.0 Å². The number of hydrogen-bond acceptors (Lipinski definition) is 3. The van der Waals surface area contributed by atoms with Crippen LogP contribution in [-0.2, 0) is 9.59 Å². The van der Waals surface area contributed by atoms with E-state index in [4.69, 9.17) is 18.0 Å². The second-order valence-corrected chi connectivity index (χ2v) is 5.43. The van der Waals surface area contributed by atoms with Gasteiger partial charge in [0, 0.05) is 26.1 Å². The zero-order valence-corrected chi connectivity index (χ0v) is 12.0. The Labute approximate surface area is 113 Å². The number of nitrogens with zero attached hydrogens (tertiary/aromatic N) is 1. The van der Waals surface area contributed by atoms with Gasteiger partial charge in [-0.05, 0) is 19.8 Å². The van der Waals surface area contributed by atoms with E-state index in [1.807, 2.05) is 6.92 Å². The number of carbonyl (C=O) groups is 2. The number of hydrogen-bond donors (Lipinski definition) is 2. The molecule has 0 saturated carbocycles. The van der Waals surface area contributed by atoms with E-state index in [2.05, 4.69) is 5.32 Å². The minimum atomic E-state index is -0.777. The van der Waals surface area contributed by atoms with Crippen molar-refractivity contribution in [3.63, 3.8) is 0 Å². The van der Waals surface area contributed by atoms with E-state index in [9.17, 15) is 9.59 Å². The fourth-order valence-electron chi connectivity index (χ4n) is 2.13. The standard InChI is InChI=1S/C12H21N3O2S/c1-4-12(3,10(13)18)11(17)15-6-5-9(7-15)14-8(2)16/h9H,4-7H2,1-3H3,(H2,13,18)(H,14,16). The van der Waals surface area contributed by atoms with Crippen molar-refractivity contribution in [2.45, 2.75) is 39.7 Å². The predicted octanol–water partition coefficient (Wildman–Crippen LogP) is 0.426. The van der Waals surface area contributed by atoms with Gasteiger partial charge in [0.2, 0.25) is 11.8 Å². The molecule has 3 N–H and O–H groups in total. The van der Waals surface area contributed by atoms with Crippen molar-refractivity contribution in [1.82, 2.24) is 10.2 Å². The van der Waals surface area contributed by atoms with Crippen molar-refractivity contribution >= 4 is 29.0 Å². The third-order valence-corrected chi connectivity index (χ3v) is 4.06. The van der Waals surface area contributed by atoms with Gasteiger partial charge in [0.1, 0.15) is 0 Å². The molecule has 0 radical (unpaired) electrons. The Morgan fingerprint density at radius 3 is 2.61 bits per heavy atom. The summed E-state index contributed by atoms with van der Waals surface area (Å²) in [5.41, 5.74) is 4.90. The first-order valence-electron chi connectivity index (χ1n) is 6.17. The smallest absolute Gasteiger partial charge is 0.235 e. The van der Waals surface area contributed by atoms with Crippen molar-refractivity contribution in [2.24, 2.45) is 11.1 Å². The van der Waals surface area contributed by atoms with Crippen LogP contribution < -0.4 is 11.1 Å². The lowest BCUT2D eigenvalue weighted by Gasteiger charge is -2.30. The molecule has 1 aliphatic heterocycles. The molecule has 6 heteroatoms. The van der Waals surface area contributed by atoms with Crippen LogP contribution in [0.3, 0.4) is 0 Å². The number of thiocarbonyl (C=S) groups is 1. The summed E-state index contributed by atoms with van der Waals surface area (Å²) >= 11 is 5.00. The van der Waals surface area contributed by atoms with Crippen LogP contribution in [0.1, 0.15) is 33.6 Å². The molecule has 5 nitrogen and oxygen atoms in total. The van der Waals surface area contributed by atoms with Gasteiger partial charge in [-0.15, -0.1) is 0 Å². The van der Waals surface area contributed by atoms with E-state index in [1.54, 1.807) is 11.8 Å². The first kappa shape index (κ1) is 14.9. The molecule has 0 spiro atoms. The lowest BCUT2D eigenvalue weighted by Crippen LogP contribution is -2.48. The van der Waals surface area contributed by atoms with Crippen LogP contribution in [0.5, 0.6) is 0 Å². The quantitative estimate of drug-likeness (QED) is 0.727. The number of carbonyl (C=O) groups excluding carboxylic acids is 2. The minimum Gasteiger partial charge on any atom is -0.392 e. The van der Waals surface area contributed by atoms with Gasteiger partial charge >= 0.3 is 0 Å². The highest BCUT2D eigenvalue weighted by molar-refractivity contribution is 7.80. The average Bonchev–Trinajstić information content (AvgIpc) is 2.74. The fourth-order valence-corrected chi connectivity index (χ4v) is 2.36. The molecule has 2 amide bonds. The van der Waals surface area contributed by atoms with Crippen LogP contribution in [0.4, 0.5) is 0 Å². The van der Waals surface area contributed by atoms with Crippen LogP contribution in [0, 0.1) is 5.41 Å². The molecular formula is C12H21N3O2S. The van der Waals surface area contributed by atoms with Crippen molar-refractivity contribution in [3.05, 3.63) is 0 Å². The molecule has 1 rings (SSSR count).